The Morgan fingerprint density at radius 2 is 0.742 bits per heavy atom. The van der Waals surface area contributed by atoms with Crippen molar-refractivity contribution in [3.05, 3.63) is 188 Å². The smallest absolute Gasteiger partial charge is 0.497 e. The monoisotopic (exact) mass is 891 g/mol. The van der Waals surface area contributed by atoms with E-state index in [4.69, 9.17) is 28.9 Å². The van der Waals surface area contributed by atoms with Crippen LogP contribution >= 0.6 is 0 Å². The maximum absolute atomic E-state index is 12.4. The number of ether oxygens (including phenoxy) is 9. The van der Waals surface area contributed by atoms with Gasteiger partial charge >= 0.3 is 36.2 Å². The van der Waals surface area contributed by atoms with Gasteiger partial charge < -0.3 is 42.6 Å². The molecule has 0 unspecified atom stereocenters. The van der Waals surface area contributed by atoms with Gasteiger partial charge in [0, 0.05) is 12.2 Å². The number of hydrogen-bond acceptors (Lipinski definition) is 16. The molecule has 0 saturated heterocycles. The summed E-state index contributed by atoms with van der Waals surface area (Å²) in [5.74, 6) is -0.870. The number of carbonyl (C=O) groups excluding carboxylic acids is 6. The number of benzene rings is 6. The number of rotatable bonds is 15. The molecule has 0 atom stereocenters. The Morgan fingerprint density at radius 3 is 1.06 bits per heavy atom. The lowest BCUT2D eigenvalue weighted by molar-refractivity contribution is -0.147. The Kier molecular flexibility index (Phi) is 17.5. The van der Waals surface area contributed by atoms with Crippen LogP contribution in [0.4, 0.5) is 9.59 Å². The van der Waals surface area contributed by atoms with Crippen molar-refractivity contribution in [1.29, 1.82) is 5.26 Å². The molecule has 332 valence electrons. The average Bonchev–Trinajstić information content (AvgIpc) is 3.35. The van der Waals surface area contributed by atoms with Crippen LogP contribution in [0.25, 0.3) is 22.3 Å². The highest BCUT2D eigenvalue weighted by Gasteiger charge is 2.14. The van der Waals surface area contributed by atoms with Gasteiger partial charge in [-0.2, -0.15) is 5.26 Å². The standard InChI is InChI=1S/C25H17NO7.C25H20O8/c1-2-23(27)30-16-31-25(29)33-22-13-9-20(10-14-22)24(28)32-21-11-7-19(8-12-21)18-5-3-17(15-26)4-6-18;1-3-23(26)30-16-31-25(28)33-22-14-8-19(9-15-22)24(27)32-21-12-6-18(7-13-21)17-4-10-20(29-2)11-5-17/h2-14H,1,16H2;3-15H,1,16H2,2H3. The second-order valence-corrected chi connectivity index (χ2v) is 12.9. The number of nitriles is 1. The molecule has 6 rings (SSSR count). The van der Waals surface area contributed by atoms with Gasteiger partial charge in [-0.25, -0.2) is 28.8 Å². The van der Waals surface area contributed by atoms with E-state index < -0.39 is 49.8 Å². The summed E-state index contributed by atoms with van der Waals surface area (Å²) in [7, 11) is 1.61. The summed E-state index contributed by atoms with van der Waals surface area (Å²) < 4.78 is 43.9. The summed E-state index contributed by atoms with van der Waals surface area (Å²) in [5.41, 5.74) is 4.88. The Labute approximate surface area is 377 Å². The SMILES string of the molecule is C=CC(=O)OCOC(=O)Oc1ccc(C(=O)Oc2ccc(-c3ccc(C#N)cc3)cc2)cc1.C=CC(=O)OCOC(=O)Oc1ccc(C(=O)Oc2ccc(-c3ccc(OC)cc3)cc2)cc1. The third-order valence-corrected chi connectivity index (χ3v) is 8.57. The van der Waals surface area contributed by atoms with Crippen molar-refractivity contribution < 1.29 is 71.4 Å². The molecule has 0 spiro atoms. The van der Waals surface area contributed by atoms with E-state index >= 15 is 0 Å². The first kappa shape index (κ1) is 47.6. The maximum atomic E-state index is 12.4. The lowest BCUT2D eigenvalue weighted by Gasteiger charge is -2.08. The molecule has 0 amide bonds. The zero-order valence-electron chi connectivity index (χ0n) is 34.9. The minimum Gasteiger partial charge on any atom is -0.497 e. The van der Waals surface area contributed by atoms with Gasteiger partial charge in [0.25, 0.3) is 0 Å². The van der Waals surface area contributed by atoms with E-state index in [9.17, 15) is 28.8 Å². The lowest BCUT2D eigenvalue weighted by atomic mass is 10.0. The van der Waals surface area contributed by atoms with E-state index in [1.165, 1.54) is 48.5 Å². The molecule has 0 fully saturated rings. The number of esters is 4. The average molecular weight is 892 g/mol. The zero-order valence-corrected chi connectivity index (χ0v) is 34.9. The Morgan fingerprint density at radius 1 is 0.439 bits per heavy atom. The number of hydrogen-bond donors (Lipinski definition) is 0. The second-order valence-electron chi connectivity index (χ2n) is 12.9. The molecular weight excluding hydrogens is 855 g/mol. The zero-order chi connectivity index (χ0) is 47.3. The Balaban J connectivity index is 0.000000247. The minimum atomic E-state index is -1.08. The van der Waals surface area contributed by atoms with Crippen LogP contribution in [0, 0.1) is 11.3 Å². The van der Waals surface area contributed by atoms with Gasteiger partial charge in [0.2, 0.25) is 13.6 Å². The predicted octanol–water partition coefficient (Wildman–Crippen LogP) is 9.43. The first-order valence-electron chi connectivity index (χ1n) is 19.2. The van der Waals surface area contributed by atoms with Crippen LogP contribution in [0.3, 0.4) is 0 Å². The fourth-order valence-electron chi connectivity index (χ4n) is 5.24. The van der Waals surface area contributed by atoms with Crippen molar-refractivity contribution in [2.45, 2.75) is 0 Å². The van der Waals surface area contributed by atoms with Gasteiger partial charge in [0.15, 0.2) is 0 Å². The molecule has 66 heavy (non-hydrogen) atoms. The van der Waals surface area contributed by atoms with Crippen molar-refractivity contribution in [2.75, 3.05) is 20.7 Å². The first-order valence-corrected chi connectivity index (χ1v) is 19.2. The fraction of sp³-hybridized carbons (Fsp3) is 0.0600. The first-order chi connectivity index (χ1) is 32.0. The van der Waals surface area contributed by atoms with Crippen LogP contribution < -0.4 is 23.7 Å². The molecule has 0 aliphatic rings. The normalized spacial score (nSPS) is 9.88. The van der Waals surface area contributed by atoms with Crippen LogP contribution in [0.1, 0.15) is 26.3 Å². The molecule has 0 radical (unpaired) electrons. The number of nitrogens with zero attached hydrogens (tertiary/aromatic N) is 1. The molecule has 0 bridgehead atoms. The van der Waals surface area contributed by atoms with Crippen LogP contribution in [-0.2, 0) is 28.5 Å². The lowest BCUT2D eigenvalue weighted by Crippen LogP contribution is -2.15. The topological polar surface area (TPSA) is 209 Å². The van der Waals surface area contributed by atoms with Crippen molar-refractivity contribution in [2.24, 2.45) is 0 Å². The molecule has 0 N–H and O–H groups in total. The van der Waals surface area contributed by atoms with Crippen LogP contribution in [0.2, 0.25) is 0 Å². The van der Waals surface area contributed by atoms with E-state index in [0.29, 0.717) is 17.1 Å². The molecule has 0 heterocycles. The minimum absolute atomic E-state index is 0.123. The van der Waals surface area contributed by atoms with Crippen molar-refractivity contribution >= 4 is 36.2 Å². The molecule has 0 aromatic heterocycles. The van der Waals surface area contributed by atoms with Gasteiger partial charge in [-0.05, 0) is 119 Å². The third kappa shape index (κ3) is 14.9. The molecule has 0 saturated carbocycles. The van der Waals surface area contributed by atoms with Gasteiger partial charge in [-0.15, -0.1) is 0 Å². The molecule has 0 aliphatic heterocycles. The summed E-state index contributed by atoms with van der Waals surface area (Å²) in [4.78, 5) is 69.6. The van der Waals surface area contributed by atoms with Crippen molar-refractivity contribution in [1.82, 2.24) is 0 Å². The largest absolute Gasteiger partial charge is 0.516 e. The summed E-state index contributed by atoms with van der Waals surface area (Å²) >= 11 is 0. The molecule has 6 aromatic rings. The molecule has 0 aliphatic carbocycles. The van der Waals surface area contributed by atoms with E-state index in [1.807, 2.05) is 48.5 Å². The Bertz CT molecular complexity index is 2690. The molecule has 16 nitrogen and oxygen atoms in total. The molecule has 6 aromatic carbocycles. The highest BCUT2D eigenvalue weighted by atomic mass is 16.8. The summed E-state index contributed by atoms with van der Waals surface area (Å²) in [5, 5.41) is 8.88. The summed E-state index contributed by atoms with van der Waals surface area (Å²) in [6, 6.07) is 42.2. The van der Waals surface area contributed by atoms with E-state index in [1.54, 1.807) is 55.6 Å². The highest BCUT2D eigenvalue weighted by Crippen LogP contribution is 2.26. The number of carbonyl (C=O) groups is 6. The second kappa shape index (κ2) is 24.2. The van der Waals surface area contributed by atoms with Crippen LogP contribution in [-0.4, -0.2) is 56.9 Å². The van der Waals surface area contributed by atoms with Crippen LogP contribution in [0.15, 0.2) is 171 Å². The maximum Gasteiger partial charge on any atom is 0.516 e. The highest BCUT2D eigenvalue weighted by molar-refractivity contribution is 5.92. The van der Waals surface area contributed by atoms with Crippen molar-refractivity contribution in [3.63, 3.8) is 0 Å². The van der Waals surface area contributed by atoms with Gasteiger partial charge in [-0.1, -0.05) is 61.7 Å². The summed E-state index contributed by atoms with van der Waals surface area (Å²) in [6.45, 7) is 5.19. The van der Waals surface area contributed by atoms with Crippen molar-refractivity contribution in [3.8, 4) is 57.1 Å². The number of methoxy groups -OCH3 is 1. The Hall–Kier alpha value is -9.49. The van der Waals surface area contributed by atoms with E-state index in [2.05, 4.69) is 38.2 Å². The van der Waals surface area contributed by atoms with E-state index in [-0.39, 0.29) is 22.6 Å². The summed E-state index contributed by atoms with van der Waals surface area (Å²) in [6.07, 6.45) is -0.290. The fourth-order valence-corrected chi connectivity index (χ4v) is 5.24. The quantitative estimate of drug-likeness (QED) is 0.0309. The molecular formula is C50H37NO15. The van der Waals surface area contributed by atoms with Gasteiger partial charge in [0.05, 0.1) is 29.9 Å². The molecule has 16 heteroatoms. The predicted molar refractivity (Wildman–Crippen MR) is 234 cm³/mol. The van der Waals surface area contributed by atoms with Gasteiger partial charge in [0.1, 0.15) is 28.7 Å². The van der Waals surface area contributed by atoms with Gasteiger partial charge in [-0.3, -0.25) is 0 Å². The van der Waals surface area contributed by atoms with E-state index in [0.717, 1.165) is 40.2 Å². The third-order valence-electron chi connectivity index (χ3n) is 8.57. The van der Waals surface area contributed by atoms with Crippen LogP contribution in [0.5, 0.6) is 28.7 Å².